The predicted octanol–water partition coefficient (Wildman–Crippen LogP) is 3.33. The van der Waals surface area contributed by atoms with Gasteiger partial charge in [-0.1, -0.05) is 20.3 Å². The van der Waals surface area contributed by atoms with Gasteiger partial charge in [-0.25, -0.2) is 0 Å². The fourth-order valence-corrected chi connectivity index (χ4v) is 3.53. The van der Waals surface area contributed by atoms with Crippen LogP contribution in [0.4, 0.5) is 0 Å². The van der Waals surface area contributed by atoms with E-state index in [0.29, 0.717) is 10.8 Å². The lowest BCUT2D eigenvalue weighted by Crippen LogP contribution is -2.29. The molecule has 0 aromatic heterocycles. The highest BCUT2D eigenvalue weighted by Gasteiger charge is 2.50. The first-order valence-electron chi connectivity index (χ1n) is 6.28. The summed E-state index contributed by atoms with van der Waals surface area (Å²) in [5.74, 6) is 0.995. The van der Waals surface area contributed by atoms with Gasteiger partial charge >= 0.3 is 0 Å². The molecule has 1 nitrogen and oxygen atoms in total. The van der Waals surface area contributed by atoms with Crippen LogP contribution in [0.3, 0.4) is 0 Å². The summed E-state index contributed by atoms with van der Waals surface area (Å²) in [7, 11) is 0. The van der Waals surface area contributed by atoms with Crippen molar-refractivity contribution in [2.75, 3.05) is 6.54 Å². The van der Waals surface area contributed by atoms with Gasteiger partial charge in [-0.05, 0) is 61.8 Å². The van der Waals surface area contributed by atoms with E-state index in [2.05, 4.69) is 13.8 Å². The van der Waals surface area contributed by atoms with Crippen LogP contribution in [0.25, 0.3) is 0 Å². The molecule has 2 saturated carbocycles. The minimum absolute atomic E-state index is 0.604. The summed E-state index contributed by atoms with van der Waals surface area (Å²) < 4.78 is 0. The molecular formula is C13H25N. The fraction of sp³-hybridized carbons (Fsp3) is 1.00. The van der Waals surface area contributed by atoms with Crippen molar-refractivity contribution in [2.45, 2.75) is 58.8 Å². The van der Waals surface area contributed by atoms with Gasteiger partial charge in [0.1, 0.15) is 0 Å². The molecule has 2 N–H and O–H groups in total. The number of rotatable bonds is 3. The van der Waals surface area contributed by atoms with Crippen molar-refractivity contribution in [1.29, 1.82) is 0 Å². The minimum Gasteiger partial charge on any atom is -0.330 e. The minimum atomic E-state index is 0.604. The SMILES string of the molecule is CC1(C)CCCC(C2(CCN)CC2)C1. The fourth-order valence-electron chi connectivity index (χ4n) is 3.53. The molecular weight excluding hydrogens is 170 g/mol. The molecule has 14 heavy (non-hydrogen) atoms. The van der Waals surface area contributed by atoms with Crippen molar-refractivity contribution in [3.05, 3.63) is 0 Å². The van der Waals surface area contributed by atoms with Gasteiger partial charge in [-0.3, -0.25) is 0 Å². The summed E-state index contributed by atoms with van der Waals surface area (Å²) in [5.41, 5.74) is 7.03. The Kier molecular flexibility index (Phi) is 2.63. The Morgan fingerprint density at radius 3 is 2.43 bits per heavy atom. The smallest absolute Gasteiger partial charge is 0.00719 e. The molecule has 0 bridgehead atoms. The lowest BCUT2D eigenvalue weighted by atomic mass is 9.66. The molecule has 2 fully saturated rings. The lowest BCUT2D eigenvalue weighted by molar-refractivity contribution is 0.118. The molecule has 0 amide bonds. The van der Waals surface area contributed by atoms with Crippen LogP contribution in [-0.4, -0.2) is 6.54 Å². The summed E-state index contributed by atoms with van der Waals surface area (Å²) in [4.78, 5) is 0. The van der Waals surface area contributed by atoms with Gasteiger partial charge in [0.2, 0.25) is 0 Å². The Labute approximate surface area is 88.4 Å². The van der Waals surface area contributed by atoms with Gasteiger partial charge in [-0.2, -0.15) is 0 Å². The van der Waals surface area contributed by atoms with E-state index in [1.807, 2.05) is 0 Å². The Morgan fingerprint density at radius 2 is 1.93 bits per heavy atom. The summed E-state index contributed by atoms with van der Waals surface area (Å²) in [5, 5.41) is 0. The van der Waals surface area contributed by atoms with E-state index < -0.39 is 0 Å². The second-order valence-electron chi connectivity index (χ2n) is 6.36. The van der Waals surface area contributed by atoms with Crippen molar-refractivity contribution < 1.29 is 0 Å². The van der Waals surface area contributed by atoms with Gasteiger partial charge in [-0.15, -0.1) is 0 Å². The van der Waals surface area contributed by atoms with E-state index >= 15 is 0 Å². The molecule has 1 heteroatoms. The van der Waals surface area contributed by atoms with Gasteiger partial charge < -0.3 is 5.73 Å². The summed E-state index contributed by atoms with van der Waals surface area (Å²) in [6.07, 6.45) is 10.0. The van der Waals surface area contributed by atoms with E-state index in [9.17, 15) is 0 Å². The van der Waals surface area contributed by atoms with E-state index in [4.69, 9.17) is 5.73 Å². The number of hydrogen-bond acceptors (Lipinski definition) is 1. The largest absolute Gasteiger partial charge is 0.330 e. The van der Waals surface area contributed by atoms with Crippen molar-refractivity contribution in [1.82, 2.24) is 0 Å². The van der Waals surface area contributed by atoms with Crippen LogP contribution < -0.4 is 5.73 Å². The van der Waals surface area contributed by atoms with Crippen molar-refractivity contribution >= 4 is 0 Å². The zero-order valence-corrected chi connectivity index (χ0v) is 9.81. The van der Waals surface area contributed by atoms with Crippen LogP contribution in [0.1, 0.15) is 58.8 Å². The lowest BCUT2D eigenvalue weighted by Gasteiger charge is -2.39. The Bertz CT molecular complexity index is 203. The third-order valence-corrected chi connectivity index (χ3v) is 4.61. The molecule has 0 aromatic rings. The first kappa shape index (κ1) is 10.5. The molecule has 0 aliphatic heterocycles. The van der Waals surface area contributed by atoms with E-state index in [1.54, 1.807) is 0 Å². The van der Waals surface area contributed by atoms with E-state index in [0.717, 1.165) is 12.5 Å². The first-order chi connectivity index (χ1) is 6.58. The highest BCUT2D eigenvalue weighted by Crippen LogP contribution is 2.60. The van der Waals surface area contributed by atoms with Gasteiger partial charge in [0.05, 0.1) is 0 Å². The maximum Gasteiger partial charge on any atom is -0.00719 e. The number of hydrogen-bond donors (Lipinski definition) is 1. The van der Waals surface area contributed by atoms with Crippen molar-refractivity contribution in [3.63, 3.8) is 0 Å². The third-order valence-electron chi connectivity index (χ3n) is 4.61. The Morgan fingerprint density at radius 1 is 1.21 bits per heavy atom. The first-order valence-corrected chi connectivity index (χ1v) is 6.28. The van der Waals surface area contributed by atoms with Crippen LogP contribution in [0.5, 0.6) is 0 Å². The van der Waals surface area contributed by atoms with Gasteiger partial charge in [0, 0.05) is 0 Å². The molecule has 2 rings (SSSR count). The topological polar surface area (TPSA) is 26.0 Å². The molecule has 2 aliphatic rings. The normalized spacial score (nSPS) is 34.1. The molecule has 82 valence electrons. The van der Waals surface area contributed by atoms with Crippen LogP contribution in [0.15, 0.2) is 0 Å². The quantitative estimate of drug-likeness (QED) is 0.734. The molecule has 0 radical (unpaired) electrons. The van der Waals surface area contributed by atoms with E-state index in [1.165, 1.54) is 44.9 Å². The van der Waals surface area contributed by atoms with Crippen LogP contribution >= 0.6 is 0 Å². The second kappa shape index (κ2) is 3.52. The second-order valence-corrected chi connectivity index (χ2v) is 6.36. The van der Waals surface area contributed by atoms with Crippen LogP contribution in [-0.2, 0) is 0 Å². The van der Waals surface area contributed by atoms with Crippen LogP contribution in [0, 0.1) is 16.7 Å². The molecule has 0 heterocycles. The third kappa shape index (κ3) is 1.98. The average molecular weight is 195 g/mol. The maximum absolute atomic E-state index is 5.73. The highest BCUT2D eigenvalue weighted by molar-refractivity contribution is 5.01. The van der Waals surface area contributed by atoms with Gasteiger partial charge in [0.25, 0.3) is 0 Å². The van der Waals surface area contributed by atoms with E-state index in [-0.39, 0.29) is 0 Å². The monoisotopic (exact) mass is 195 g/mol. The molecule has 0 aromatic carbocycles. The van der Waals surface area contributed by atoms with Crippen molar-refractivity contribution in [3.8, 4) is 0 Å². The molecule has 0 spiro atoms. The zero-order chi connectivity index (χ0) is 10.2. The molecule has 1 unspecified atom stereocenters. The Balaban J connectivity index is 1.97. The summed E-state index contributed by atoms with van der Waals surface area (Å²) >= 11 is 0. The van der Waals surface area contributed by atoms with Crippen LogP contribution in [0.2, 0.25) is 0 Å². The zero-order valence-electron chi connectivity index (χ0n) is 9.81. The maximum atomic E-state index is 5.73. The van der Waals surface area contributed by atoms with Crippen molar-refractivity contribution in [2.24, 2.45) is 22.5 Å². The Hall–Kier alpha value is -0.0400. The van der Waals surface area contributed by atoms with Gasteiger partial charge in [0.15, 0.2) is 0 Å². The number of nitrogens with two attached hydrogens (primary N) is 1. The molecule has 0 saturated heterocycles. The summed E-state index contributed by atoms with van der Waals surface area (Å²) in [6.45, 7) is 5.78. The standard InChI is InChI=1S/C13H25N/c1-12(2)5-3-4-11(10-12)13(6-7-13)8-9-14/h11H,3-10,14H2,1-2H3. The average Bonchev–Trinajstić information content (AvgIpc) is 2.84. The predicted molar refractivity (Wildman–Crippen MR) is 61.1 cm³/mol. The summed E-state index contributed by atoms with van der Waals surface area (Å²) in [6, 6.07) is 0. The molecule has 2 aliphatic carbocycles. The molecule has 1 atom stereocenters. The highest BCUT2D eigenvalue weighted by atomic mass is 14.6.